The molecule has 0 saturated carbocycles. The molecule has 0 spiro atoms. The molecule has 0 aliphatic carbocycles. The predicted octanol–water partition coefficient (Wildman–Crippen LogP) is 2.66. The average molecular weight is 256 g/mol. The highest BCUT2D eigenvalue weighted by Gasteiger charge is 2.14. The van der Waals surface area contributed by atoms with Crippen molar-refractivity contribution in [1.82, 2.24) is 10.2 Å². The summed E-state index contributed by atoms with van der Waals surface area (Å²) in [5.41, 5.74) is 0.564. The molecular formula is C11H10F2N2O3. The fourth-order valence-electron chi connectivity index (χ4n) is 1.41. The highest BCUT2D eigenvalue weighted by molar-refractivity contribution is 5.59. The number of methoxy groups -OCH3 is 1. The first-order valence-electron chi connectivity index (χ1n) is 5.03. The van der Waals surface area contributed by atoms with Crippen molar-refractivity contribution in [2.75, 3.05) is 7.11 Å². The zero-order valence-electron chi connectivity index (χ0n) is 9.68. The van der Waals surface area contributed by atoms with Crippen molar-refractivity contribution in [2.45, 2.75) is 13.5 Å². The van der Waals surface area contributed by atoms with Crippen molar-refractivity contribution in [3.8, 4) is 23.0 Å². The van der Waals surface area contributed by atoms with Crippen LogP contribution < -0.4 is 9.47 Å². The van der Waals surface area contributed by atoms with Crippen molar-refractivity contribution in [2.24, 2.45) is 0 Å². The number of ether oxygens (including phenoxy) is 2. The van der Waals surface area contributed by atoms with Gasteiger partial charge in [0.2, 0.25) is 11.8 Å². The van der Waals surface area contributed by atoms with E-state index in [-0.39, 0.29) is 17.4 Å². The largest absolute Gasteiger partial charge is 0.493 e. The van der Waals surface area contributed by atoms with Crippen LogP contribution in [-0.4, -0.2) is 23.9 Å². The van der Waals surface area contributed by atoms with Gasteiger partial charge in [0.1, 0.15) is 0 Å². The Morgan fingerprint density at radius 3 is 2.56 bits per heavy atom. The summed E-state index contributed by atoms with van der Waals surface area (Å²) in [6.07, 6.45) is 0. The fraction of sp³-hybridized carbons (Fsp3) is 0.273. The lowest BCUT2D eigenvalue weighted by molar-refractivity contribution is -0.0512. The van der Waals surface area contributed by atoms with Gasteiger partial charge in [-0.15, -0.1) is 10.2 Å². The van der Waals surface area contributed by atoms with E-state index in [0.717, 1.165) is 0 Å². The summed E-state index contributed by atoms with van der Waals surface area (Å²) in [6, 6.07) is 4.39. The monoisotopic (exact) mass is 256 g/mol. The second kappa shape index (κ2) is 4.99. The minimum atomic E-state index is -2.91. The van der Waals surface area contributed by atoms with Crippen molar-refractivity contribution >= 4 is 0 Å². The minimum absolute atomic E-state index is 0.0486. The summed E-state index contributed by atoms with van der Waals surface area (Å²) in [6.45, 7) is -1.25. The molecule has 1 aromatic carbocycles. The lowest BCUT2D eigenvalue weighted by Gasteiger charge is -2.10. The topological polar surface area (TPSA) is 57.4 Å². The van der Waals surface area contributed by atoms with E-state index in [4.69, 9.17) is 9.15 Å². The second-order valence-corrected chi connectivity index (χ2v) is 3.37. The number of hydrogen-bond donors (Lipinski definition) is 0. The fourth-order valence-corrected chi connectivity index (χ4v) is 1.41. The number of aryl methyl sites for hydroxylation is 1. The van der Waals surface area contributed by atoms with Gasteiger partial charge in [-0.05, 0) is 18.2 Å². The van der Waals surface area contributed by atoms with E-state index in [9.17, 15) is 8.78 Å². The van der Waals surface area contributed by atoms with E-state index in [1.807, 2.05) is 0 Å². The van der Waals surface area contributed by atoms with E-state index < -0.39 is 6.61 Å². The van der Waals surface area contributed by atoms with Crippen LogP contribution in [0.1, 0.15) is 5.89 Å². The van der Waals surface area contributed by atoms with Gasteiger partial charge in [0, 0.05) is 12.5 Å². The van der Waals surface area contributed by atoms with Crippen LogP contribution in [0.5, 0.6) is 11.5 Å². The van der Waals surface area contributed by atoms with E-state index in [1.165, 1.54) is 25.3 Å². The number of aromatic nitrogens is 2. The highest BCUT2D eigenvalue weighted by atomic mass is 19.3. The predicted molar refractivity (Wildman–Crippen MR) is 57.7 cm³/mol. The molecule has 5 nitrogen and oxygen atoms in total. The normalized spacial score (nSPS) is 10.7. The summed E-state index contributed by atoms with van der Waals surface area (Å²) in [4.78, 5) is 0. The molecular weight excluding hydrogens is 246 g/mol. The average Bonchev–Trinajstić information content (AvgIpc) is 2.75. The molecule has 0 radical (unpaired) electrons. The van der Waals surface area contributed by atoms with Gasteiger partial charge in [-0.25, -0.2) is 0 Å². The van der Waals surface area contributed by atoms with E-state index >= 15 is 0 Å². The van der Waals surface area contributed by atoms with Gasteiger partial charge < -0.3 is 13.9 Å². The van der Waals surface area contributed by atoms with Gasteiger partial charge in [-0.2, -0.15) is 8.78 Å². The Balaban J connectivity index is 2.35. The highest BCUT2D eigenvalue weighted by Crippen LogP contribution is 2.32. The van der Waals surface area contributed by atoms with Crippen LogP contribution in [0.15, 0.2) is 22.6 Å². The minimum Gasteiger partial charge on any atom is -0.493 e. The Labute approximate surface area is 101 Å². The van der Waals surface area contributed by atoms with Gasteiger partial charge in [0.25, 0.3) is 0 Å². The number of nitrogens with zero attached hydrogens (tertiary/aromatic N) is 2. The second-order valence-electron chi connectivity index (χ2n) is 3.37. The van der Waals surface area contributed by atoms with Crippen LogP contribution in [0.3, 0.4) is 0 Å². The summed E-state index contributed by atoms with van der Waals surface area (Å²) < 4.78 is 38.8. The SMILES string of the molecule is COc1cc(-c2nnc(C)o2)ccc1OC(F)F. The molecule has 0 fully saturated rings. The zero-order valence-corrected chi connectivity index (χ0v) is 9.68. The number of halogens is 2. The van der Waals surface area contributed by atoms with Crippen LogP contribution in [0.4, 0.5) is 8.78 Å². The van der Waals surface area contributed by atoms with Gasteiger partial charge in [0.05, 0.1) is 7.11 Å². The lowest BCUT2D eigenvalue weighted by Crippen LogP contribution is -2.03. The van der Waals surface area contributed by atoms with Gasteiger partial charge in [-0.3, -0.25) is 0 Å². The summed E-state index contributed by atoms with van der Waals surface area (Å²) in [5, 5.41) is 7.50. The third-order valence-corrected chi connectivity index (χ3v) is 2.15. The molecule has 0 amide bonds. The van der Waals surface area contributed by atoms with Crippen LogP contribution in [0, 0.1) is 6.92 Å². The molecule has 0 N–H and O–H groups in total. The molecule has 1 heterocycles. The van der Waals surface area contributed by atoms with Gasteiger partial charge in [0.15, 0.2) is 11.5 Å². The molecule has 7 heteroatoms. The number of hydrogen-bond acceptors (Lipinski definition) is 5. The molecule has 2 rings (SSSR count). The molecule has 18 heavy (non-hydrogen) atoms. The van der Waals surface area contributed by atoms with Crippen LogP contribution >= 0.6 is 0 Å². The van der Waals surface area contributed by atoms with Gasteiger partial charge in [-0.1, -0.05) is 0 Å². The summed E-state index contributed by atoms with van der Waals surface area (Å²) in [5.74, 6) is 0.822. The Hall–Kier alpha value is -2.18. The first-order chi connectivity index (χ1) is 8.60. The Kier molecular flexibility index (Phi) is 3.40. The smallest absolute Gasteiger partial charge is 0.387 e. The van der Waals surface area contributed by atoms with Crippen molar-refractivity contribution in [3.05, 3.63) is 24.1 Å². The molecule has 0 saturated heterocycles. The van der Waals surface area contributed by atoms with E-state index in [2.05, 4.69) is 14.9 Å². The van der Waals surface area contributed by atoms with E-state index in [0.29, 0.717) is 11.5 Å². The van der Waals surface area contributed by atoms with Crippen LogP contribution in [-0.2, 0) is 0 Å². The van der Waals surface area contributed by atoms with Crippen molar-refractivity contribution in [1.29, 1.82) is 0 Å². The molecule has 1 aromatic heterocycles. The molecule has 0 aliphatic rings. The van der Waals surface area contributed by atoms with E-state index in [1.54, 1.807) is 6.92 Å². The molecule has 0 atom stereocenters. The van der Waals surface area contributed by atoms with Crippen molar-refractivity contribution < 1.29 is 22.7 Å². The maximum atomic E-state index is 12.1. The number of alkyl halides is 2. The molecule has 2 aromatic rings. The van der Waals surface area contributed by atoms with Gasteiger partial charge >= 0.3 is 6.61 Å². The Bertz CT molecular complexity index is 543. The summed E-state index contributed by atoms with van der Waals surface area (Å²) >= 11 is 0. The third kappa shape index (κ3) is 2.55. The van der Waals surface area contributed by atoms with Crippen molar-refractivity contribution in [3.63, 3.8) is 0 Å². The first kappa shape index (κ1) is 12.3. The first-order valence-corrected chi connectivity index (χ1v) is 5.03. The molecule has 0 bridgehead atoms. The molecule has 96 valence electrons. The maximum absolute atomic E-state index is 12.1. The molecule has 0 unspecified atom stereocenters. The standard InChI is InChI=1S/C11H10F2N2O3/c1-6-14-15-10(17-6)7-3-4-8(18-11(12)13)9(5-7)16-2/h3-5,11H,1-2H3. The van der Waals surface area contributed by atoms with Crippen LogP contribution in [0.2, 0.25) is 0 Å². The Morgan fingerprint density at radius 2 is 2.00 bits per heavy atom. The quantitative estimate of drug-likeness (QED) is 0.841. The Morgan fingerprint density at radius 1 is 1.22 bits per heavy atom. The number of rotatable bonds is 4. The number of benzene rings is 1. The maximum Gasteiger partial charge on any atom is 0.387 e. The van der Waals surface area contributed by atoms with Crippen LogP contribution in [0.25, 0.3) is 11.5 Å². The summed E-state index contributed by atoms with van der Waals surface area (Å²) in [7, 11) is 1.36. The third-order valence-electron chi connectivity index (χ3n) is 2.15. The molecule has 0 aliphatic heterocycles. The lowest BCUT2D eigenvalue weighted by atomic mass is 10.2. The zero-order chi connectivity index (χ0) is 13.1.